The third kappa shape index (κ3) is 5.39. The molecule has 208 valence electrons. The maximum atomic E-state index is 13.5. The molecule has 8 heteroatoms. The fourth-order valence-corrected chi connectivity index (χ4v) is 7.28. The number of hydrogen-bond acceptors (Lipinski definition) is 6. The second kappa shape index (κ2) is 11.3. The number of thiazole rings is 1. The summed E-state index contributed by atoms with van der Waals surface area (Å²) in [6, 6.07) is 10.5. The van der Waals surface area contributed by atoms with E-state index in [2.05, 4.69) is 60.4 Å². The van der Waals surface area contributed by atoms with Gasteiger partial charge in [0, 0.05) is 48.5 Å². The fourth-order valence-electron chi connectivity index (χ4n) is 6.56. The molecular weight excluding hydrogens is 516 g/mol. The van der Waals surface area contributed by atoms with Crippen LogP contribution in [0.25, 0.3) is 26.8 Å². The monoisotopic (exact) mass is 554 g/mol. The molecule has 7 rings (SSSR count). The van der Waals surface area contributed by atoms with Crippen LogP contribution >= 0.6 is 11.3 Å². The predicted octanol–water partition coefficient (Wildman–Crippen LogP) is 6.82. The van der Waals surface area contributed by atoms with Gasteiger partial charge in [-0.3, -0.25) is 4.79 Å². The summed E-state index contributed by atoms with van der Waals surface area (Å²) in [6.07, 6.45) is 13.6. The molecular formula is C32H38N6OS. The zero-order valence-corrected chi connectivity index (χ0v) is 23.9. The summed E-state index contributed by atoms with van der Waals surface area (Å²) in [5.74, 6) is 1.44. The number of fused-ring (bicyclic) bond motifs is 2. The lowest BCUT2D eigenvalue weighted by Crippen LogP contribution is -2.42. The number of nitrogens with one attached hydrogen (secondary N) is 2. The maximum Gasteiger partial charge on any atom is 0.226 e. The van der Waals surface area contributed by atoms with Crippen LogP contribution in [0.5, 0.6) is 0 Å². The standard InChI is InChI=1S/C32H38N6OS/c39-32(24-6-1-2-14-37(15-10-24)20-22-4-3-5-22)38-16-11-23(12-17-38)29-19-26-27(9-13-33-31(26)36-29)35-25-7-8-28-30(18-25)40-21-34-28/h7-9,11,13,18-19,21-22,24H,1-6,10,12,14-17,20H2,(H2,33,35,36). The van der Waals surface area contributed by atoms with E-state index in [9.17, 15) is 4.79 Å². The van der Waals surface area contributed by atoms with Gasteiger partial charge in [-0.25, -0.2) is 9.97 Å². The molecule has 1 aliphatic carbocycles. The number of H-pyrrole nitrogens is 1. The highest BCUT2D eigenvalue weighted by atomic mass is 32.1. The molecule has 0 spiro atoms. The van der Waals surface area contributed by atoms with E-state index in [1.165, 1.54) is 55.5 Å². The highest BCUT2D eigenvalue weighted by molar-refractivity contribution is 7.16. The average molecular weight is 555 g/mol. The van der Waals surface area contributed by atoms with Gasteiger partial charge in [-0.1, -0.05) is 18.9 Å². The van der Waals surface area contributed by atoms with Crippen molar-refractivity contribution in [3.63, 3.8) is 0 Å². The minimum Gasteiger partial charge on any atom is -0.355 e. The third-order valence-corrected chi connectivity index (χ3v) is 9.96. The Morgan fingerprint density at radius 2 is 1.98 bits per heavy atom. The Labute approximate surface area is 239 Å². The molecule has 4 aromatic rings. The Bertz CT molecular complexity index is 1530. The van der Waals surface area contributed by atoms with Crippen molar-refractivity contribution in [3.05, 3.63) is 53.8 Å². The first-order chi connectivity index (χ1) is 19.7. The van der Waals surface area contributed by atoms with Gasteiger partial charge in [-0.05, 0) is 93.4 Å². The van der Waals surface area contributed by atoms with E-state index in [1.807, 2.05) is 17.8 Å². The van der Waals surface area contributed by atoms with Gasteiger partial charge in [0.25, 0.3) is 0 Å². The van der Waals surface area contributed by atoms with Crippen LogP contribution in [0.1, 0.15) is 57.1 Å². The highest BCUT2D eigenvalue weighted by Crippen LogP contribution is 2.33. The number of aromatic amines is 1. The number of carbonyl (C=O) groups excluding carboxylic acids is 1. The number of amides is 1. The SMILES string of the molecule is O=C(C1CCCCN(CC2CCC2)CC1)N1CC=C(c2cc3c(Nc4ccc5ncsc5c4)ccnc3[nH]2)CC1. The van der Waals surface area contributed by atoms with Gasteiger partial charge in [0.15, 0.2) is 0 Å². The summed E-state index contributed by atoms with van der Waals surface area (Å²) in [5, 5.41) is 4.65. The zero-order chi connectivity index (χ0) is 26.9. The molecule has 7 nitrogen and oxygen atoms in total. The Kier molecular flexibility index (Phi) is 7.29. The first-order valence-electron chi connectivity index (χ1n) is 15.0. The van der Waals surface area contributed by atoms with Gasteiger partial charge < -0.3 is 20.1 Å². The van der Waals surface area contributed by atoms with Gasteiger partial charge >= 0.3 is 0 Å². The molecule has 0 radical (unpaired) electrons. The van der Waals surface area contributed by atoms with Crippen molar-refractivity contribution in [2.75, 3.05) is 38.0 Å². The number of carbonyl (C=O) groups is 1. The molecule has 2 N–H and O–H groups in total. The number of pyridine rings is 1. The molecule has 40 heavy (non-hydrogen) atoms. The summed E-state index contributed by atoms with van der Waals surface area (Å²) < 4.78 is 1.17. The van der Waals surface area contributed by atoms with Crippen molar-refractivity contribution < 1.29 is 4.79 Å². The van der Waals surface area contributed by atoms with Crippen LogP contribution < -0.4 is 5.32 Å². The molecule has 1 atom stereocenters. The van der Waals surface area contributed by atoms with Crippen LogP contribution in [0, 0.1) is 11.8 Å². The number of nitrogens with zero attached hydrogens (tertiary/aromatic N) is 4. The maximum absolute atomic E-state index is 13.5. The van der Waals surface area contributed by atoms with Crippen LogP contribution in [0.2, 0.25) is 0 Å². The minimum absolute atomic E-state index is 0.175. The van der Waals surface area contributed by atoms with Crippen LogP contribution in [0.15, 0.2) is 48.1 Å². The molecule has 1 saturated carbocycles. The average Bonchev–Trinajstić information content (AvgIpc) is 3.59. The summed E-state index contributed by atoms with van der Waals surface area (Å²) in [4.78, 5) is 30.8. The topological polar surface area (TPSA) is 77.2 Å². The van der Waals surface area contributed by atoms with Crippen molar-refractivity contribution in [3.8, 4) is 0 Å². The van der Waals surface area contributed by atoms with E-state index in [0.717, 1.165) is 71.9 Å². The van der Waals surface area contributed by atoms with Crippen molar-refractivity contribution in [2.24, 2.45) is 11.8 Å². The second-order valence-electron chi connectivity index (χ2n) is 11.8. The smallest absolute Gasteiger partial charge is 0.226 e. The van der Waals surface area contributed by atoms with E-state index < -0.39 is 0 Å². The van der Waals surface area contributed by atoms with E-state index in [-0.39, 0.29) is 5.92 Å². The van der Waals surface area contributed by atoms with Crippen LogP contribution in [-0.4, -0.2) is 63.4 Å². The predicted molar refractivity (Wildman–Crippen MR) is 164 cm³/mol. The molecule has 3 aliphatic rings. The van der Waals surface area contributed by atoms with Crippen molar-refractivity contribution in [1.29, 1.82) is 0 Å². The van der Waals surface area contributed by atoms with Gasteiger partial charge in [-0.15, -0.1) is 11.3 Å². The quantitative estimate of drug-likeness (QED) is 0.273. The first-order valence-corrected chi connectivity index (χ1v) is 15.9. The summed E-state index contributed by atoms with van der Waals surface area (Å²) in [6.45, 7) is 5.02. The number of rotatable bonds is 6. The summed E-state index contributed by atoms with van der Waals surface area (Å²) >= 11 is 1.65. The van der Waals surface area contributed by atoms with E-state index >= 15 is 0 Å². The molecule has 1 unspecified atom stereocenters. The van der Waals surface area contributed by atoms with Crippen LogP contribution in [-0.2, 0) is 4.79 Å². The third-order valence-electron chi connectivity index (χ3n) is 9.17. The van der Waals surface area contributed by atoms with Gasteiger partial charge in [-0.2, -0.15) is 0 Å². The molecule has 3 aromatic heterocycles. The summed E-state index contributed by atoms with van der Waals surface area (Å²) in [7, 11) is 0. The van der Waals surface area contributed by atoms with Gasteiger partial charge in [0.1, 0.15) is 5.65 Å². The lowest BCUT2D eigenvalue weighted by molar-refractivity contribution is -0.136. The molecule has 1 aromatic carbocycles. The normalized spacial score (nSPS) is 21.1. The number of anilines is 2. The second-order valence-corrected chi connectivity index (χ2v) is 12.7. The highest BCUT2D eigenvalue weighted by Gasteiger charge is 2.29. The van der Waals surface area contributed by atoms with Crippen molar-refractivity contribution >= 4 is 55.4 Å². The van der Waals surface area contributed by atoms with Gasteiger partial charge in [0.2, 0.25) is 5.91 Å². The molecule has 0 bridgehead atoms. The van der Waals surface area contributed by atoms with Crippen molar-refractivity contribution in [2.45, 2.75) is 51.4 Å². The van der Waals surface area contributed by atoms with Crippen LogP contribution in [0.3, 0.4) is 0 Å². The lowest BCUT2D eigenvalue weighted by Gasteiger charge is -2.35. The Morgan fingerprint density at radius 3 is 2.83 bits per heavy atom. The largest absolute Gasteiger partial charge is 0.355 e. The van der Waals surface area contributed by atoms with E-state index in [0.29, 0.717) is 12.5 Å². The minimum atomic E-state index is 0.175. The number of likely N-dealkylation sites (tertiary alicyclic amines) is 1. The Morgan fingerprint density at radius 1 is 1.02 bits per heavy atom. The van der Waals surface area contributed by atoms with Gasteiger partial charge in [0.05, 0.1) is 21.4 Å². The molecule has 2 aliphatic heterocycles. The Balaban J connectivity index is 1.01. The van der Waals surface area contributed by atoms with E-state index in [1.54, 1.807) is 11.3 Å². The van der Waals surface area contributed by atoms with Crippen LogP contribution in [0.4, 0.5) is 11.4 Å². The summed E-state index contributed by atoms with van der Waals surface area (Å²) in [5.41, 5.74) is 8.21. The number of aromatic nitrogens is 3. The van der Waals surface area contributed by atoms with E-state index in [4.69, 9.17) is 0 Å². The first kappa shape index (κ1) is 25.7. The molecule has 5 heterocycles. The zero-order valence-electron chi connectivity index (χ0n) is 23.1. The van der Waals surface area contributed by atoms with Crippen molar-refractivity contribution in [1.82, 2.24) is 24.8 Å². The Hall–Kier alpha value is -3.23. The number of hydrogen-bond donors (Lipinski definition) is 2. The lowest BCUT2D eigenvalue weighted by atomic mass is 9.84. The molecule has 2 fully saturated rings. The molecule has 1 saturated heterocycles. The molecule has 1 amide bonds. The number of benzene rings is 1. The fraction of sp³-hybridized carbons (Fsp3) is 0.469.